The summed E-state index contributed by atoms with van der Waals surface area (Å²) in [5, 5.41) is 0. The third kappa shape index (κ3) is 3.69. The Morgan fingerprint density at radius 3 is 1.92 bits per heavy atom. The van der Waals surface area contributed by atoms with Crippen LogP contribution in [0.2, 0.25) is 0 Å². The lowest BCUT2D eigenvalue weighted by atomic mass is 9.29. The SMILES string of the molecule is CC(=O)OC1CC2(C)C(C)C(=O)C(C(C)=O)C(=O)C2C2(C)CCC3(C)C4CC(C)(C)CCC4(C)CCC3(C)C12. The number of esters is 1. The second-order valence-electron chi connectivity index (χ2n) is 16.8. The molecule has 0 aromatic carbocycles. The summed E-state index contributed by atoms with van der Waals surface area (Å²) in [5.74, 6) is -2.48. The van der Waals surface area contributed by atoms with Gasteiger partial charge in [-0.25, -0.2) is 0 Å². The van der Waals surface area contributed by atoms with Crippen LogP contribution in [0.15, 0.2) is 0 Å². The lowest BCUT2D eigenvalue weighted by molar-refractivity contribution is -0.279. The van der Waals surface area contributed by atoms with Gasteiger partial charge < -0.3 is 4.74 Å². The van der Waals surface area contributed by atoms with Gasteiger partial charge in [-0.05, 0) is 96.7 Å². The number of hydrogen-bond donors (Lipinski definition) is 0. The van der Waals surface area contributed by atoms with Gasteiger partial charge in [-0.3, -0.25) is 19.2 Å². The first-order valence-corrected chi connectivity index (χ1v) is 15.5. The predicted molar refractivity (Wildman–Crippen MR) is 151 cm³/mol. The minimum absolute atomic E-state index is 0.00252. The Hall–Kier alpha value is -1.52. The van der Waals surface area contributed by atoms with Crippen molar-refractivity contribution in [2.45, 2.75) is 127 Å². The highest BCUT2D eigenvalue weighted by Gasteiger charge is 2.75. The van der Waals surface area contributed by atoms with Crippen molar-refractivity contribution in [3.05, 3.63) is 0 Å². The Labute approximate surface area is 236 Å². The Balaban J connectivity index is 1.68. The van der Waals surface area contributed by atoms with Gasteiger partial charge in [0.05, 0.1) is 0 Å². The molecule has 0 aromatic heterocycles. The Morgan fingerprint density at radius 1 is 0.744 bits per heavy atom. The number of carbonyl (C=O) groups is 4. The van der Waals surface area contributed by atoms with Crippen LogP contribution in [-0.4, -0.2) is 29.4 Å². The van der Waals surface area contributed by atoms with Crippen LogP contribution in [-0.2, 0) is 23.9 Å². The Morgan fingerprint density at radius 2 is 1.33 bits per heavy atom. The summed E-state index contributed by atoms with van der Waals surface area (Å²) in [7, 11) is 0. The Bertz CT molecular complexity index is 1120. The van der Waals surface area contributed by atoms with Gasteiger partial charge in [0.1, 0.15) is 17.8 Å². The topological polar surface area (TPSA) is 77.5 Å². The molecule has 5 aliphatic carbocycles. The normalized spacial score (nSPS) is 52.6. The van der Waals surface area contributed by atoms with Gasteiger partial charge >= 0.3 is 5.97 Å². The van der Waals surface area contributed by atoms with Gasteiger partial charge in [0.2, 0.25) is 0 Å². The molecule has 0 spiro atoms. The summed E-state index contributed by atoms with van der Waals surface area (Å²) in [4.78, 5) is 53.1. The molecule has 5 rings (SSSR count). The molecule has 5 aliphatic rings. The van der Waals surface area contributed by atoms with Crippen LogP contribution < -0.4 is 0 Å². The molecule has 5 nitrogen and oxygen atoms in total. The van der Waals surface area contributed by atoms with E-state index in [1.54, 1.807) is 0 Å². The average Bonchev–Trinajstić information content (AvgIpc) is 2.79. The molecule has 0 N–H and O–H groups in total. The Kier molecular flexibility index (Phi) is 6.32. The summed E-state index contributed by atoms with van der Waals surface area (Å²) < 4.78 is 6.27. The maximum Gasteiger partial charge on any atom is 0.302 e. The van der Waals surface area contributed by atoms with Crippen LogP contribution in [0.5, 0.6) is 0 Å². The van der Waals surface area contributed by atoms with E-state index in [4.69, 9.17) is 4.74 Å². The van der Waals surface area contributed by atoms with Crippen molar-refractivity contribution in [3.8, 4) is 0 Å². The van der Waals surface area contributed by atoms with E-state index in [0.29, 0.717) is 23.2 Å². The number of ketones is 3. The van der Waals surface area contributed by atoms with Gasteiger partial charge in [0, 0.05) is 24.7 Å². The molecule has 11 unspecified atom stereocenters. The van der Waals surface area contributed by atoms with Crippen LogP contribution in [0.3, 0.4) is 0 Å². The molecular formula is C34H52O5. The van der Waals surface area contributed by atoms with Crippen LogP contribution in [0.4, 0.5) is 0 Å². The van der Waals surface area contributed by atoms with E-state index in [1.807, 2.05) is 6.92 Å². The molecule has 5 saturated carbocycles. The molecule has 0 aliphatic heterocycles. The molecule has 0 heterocycles. The van der Waals surface area contributed by atoms with E-state index in [-0.39, 0.29) is 46.2 Å². The molecule has 0 bridgehead atoms. The number of ether oxygens (including phenoxy) is 1. The van der Waals surface area contributed by atoms with Crippen LogP contribution in [0.25, 0.3) is 0 Å². The fourth-order valence-corrected chi connectivity index (χ4v) is 11.9. The summed E-state index contributed by atoms with van der Waals surface area (Å²) in [6, 6.07) is 0. The van der Waals surface area contributed by atoms with E-state index in [2.05, 4.69) is 48.5 Å². The number of fused-ring (bicyclic) bond motifs is 7. The minimum atomic E-state index is -1.16. The van der Waals surface area contributed by atoms with Crippen molar-refractivity contribution in [2.24, 2.45) is 62.1 Å². The smallest absolute Gasteiger partial charge is 0.302 e. The van der Waals surface area contributed by atoms with Gasteiger partial charge in [0.15, 0.2) is 11.6 Å². The first-order chi connectivity index (χ1) is 17.8. The van der Waals surface area contributed by atoms with Gasteiger partial charge in [-0.1, -0.05) is 55.4 Å². The average molecular weight is 541 g/mol. The van der Waals surface area contributed by atoms with Crippen molar-refractivity contribution in [2.75, 3.05) is 0 Å². The van der Waals surface area contributed by atoms with E-state index < -0.39 is 28.6 Å². The first kappa shape index (κ1) is 29.0. The zero-order chi connectivity index (χ0) is 29.1. The molecule has 11 atom stereocenters. The van der Waals surface area contributed by atoms with Crippen molar-refractivity contribution < 1.29 is 23.9 Å². The quantitative estimate of drug-likeness (QED) is 0.279. The highest BCUT2D eigenvalue weighted by Crippen LogP contribution is 2.78. The minimum Gasteiger partial charge on any atom is -0.462 e. The monoisotopic (exact) mass is 540 g/mol. The summed E-state index contributed by atoms with van der Waals surface area (Å²) in [6.45, 7) is 21.4. The third-order valence-corrected chi connectivity index (χ3v) is 14.2. The van der Waals surface area contributed by atoms with Crippen LogP contribution in [0, 0.1) is 62.1 Å². The maximum absolute atomic E-state index is 14.3. The molecule has 39 heavy (non-hydrogen) atoms. The highest BCUT2D eigenvalue weighted by molar-refractivity contribution is 6.21. The van der Waals surface area contributed by atoms with Crippen LogP contribution >= 0.6 is 0 Å². The fraction of sp³-hybridized carbons (Fsp3) is 0.882. The highest BCUT2D eigenvalue weighted by atomic mass is 16.5. The van der Waals surface area contributed by atoms with E-state index in [0.717, 1.165) is 25.7 Å². The first-order valence-electron chi connectivity index (χ1n) is 15.5. The van der Waals surface area contributed by atoms with Crippen molar-refractivity contribution >= 4 is 23.3 Å². The molecule has 218 valence electrons. The van der Waals surface area contributed by atoms with Crippen LogP contribution in [0.1, 0.15) is 121 Å². The lowest BCUT2D eigenvalue weighted by Crippen LogP contribution is -2.73. The van der Waals surface area contributed by atoms with Crippen molar-refractivity contribution in [3.63, 3.8) is 0 Å². The third-order valence-electron chi connectivity index (χ3n) is 14.2. The summed E-state index contributed by atoms with van der Waals surface area (Å²) in [6.07, 6.45) is 7.95. The molecule has 5 fully saturated rings. The number of carbonyl (C=O) groups excluding carboxylic acids is 4. The predicted octanol–water partition coefficient (Wildman–Crippen LogP) is 6.99. The zero-order valence-electron chi connectivity index (χ0n) is 26.2. The van der Waals surface area contributed by atoms with Gasteiger partial charge in [0.25, 0.3) is 0 Å². The number of Topliss-reactive ketones (excluding diaryl/α,β-unsaturated/α-hetero) is 3. The summed E-state index contributed by atoms with van der Waals surface area (Å²) in [5.41, 5.74) is -0.580. The van der Waals surface area contributed by atoms with E-state index in [1.165, 1.54) is 33.1 Å². The van der Waals surface area contributed by atoms with Gasteiger partial charge in [-0.2, -0.15) is 0 Å². The fourth-order valence-electron chi connectivity index (χ4n) is 11.9. The molecule has 0 saturated heterocycles. The van der Waals surface area contributed by atoms with E-state index in [9.17, 15) is 19.2 Å². The molecule has 0 amide bonds. The van der Waals surface area contributed by atoms with E-state index >= 15 is 0 Å². The molecule has 0 aromatic rings. The number of rotatable bonds is 2. The second-order valence-corrected chi connectivity index (χ2v) is 16.8. The van der Waals surface area contributed by atoms with Crippen molar-refractivity contribution in [1.82, 2.24) is 0 Å². The standard InChI is InChI=1S/C34H52O5/c1-19-25(37)24(20(2)35)26(38)28-31(7)14-16-33(9)23-18-29(4,5)11-12-30(23,6)13-15-34(33,10)27(31)22(39-21(3)36)17-32(19,28)8/h19,22-24,27-28H,11-18H2,1-10H3. The van der Waals surface area contributed by atoms with Gasteiger partial charge in [-0.15, -0.1) is 0 Å². The molecule has 5 heteroatoms. The summed E-state index contributed by atoms with van der Waals surface area (Å²) >= 11 is 0. The second kappa shape index (κ2) is 8.51. The largest absolute Gasteiger partial charge is 0.462 e. The molecular weight excluding hydrogens is 488 g/mol. The molecule has 0 radical (unpaired) electrons. The maximum atomic E-state index is 14.3. The zero-order valence-corrected chi connectivity index (χ0v) is 26.2. The number of hydrogen-bond acceptors (Lipinski definition) is 5. The lowest BCUT2D eigenvalue weighted by Gasteiger charge is -2.75. The van der Waals surface area contributed by atoms with Crippen molar-refractivity contribution in [1.29, 1.82) is 0 Å².